The quantitative estimate of drug-likeness (QED) is 0.842. The largest absolute Gasteiger partial charge is 0.496 e. The van der Waals surface area contributed by atoms with E-state index in [9.17, 15) is 5.11 Å². The van der Waals surface area contributed by atoms with Crippen molar-refractivity contribution in [1.82, 2.24) is 5.32 Å². The van der Waals surface area contributed by atoms with E-state index in [2.05, 4.69) is 21.2 Å². The molecular weight excluding hydrogens is 286 g/mol. The number of nitrogens with one attached hydrogen (secondary N) is 1. The van der Waals surface area contributed by atoms with Gasteiger partial charge in [-0.05, 0) is 24.7 Å². The van der Waals surface area contributed by atoms with E-state index in [4.69, 9.17) is 9.47 Å². The Morgan fingerprint density at radius 3 is 2.65 bits per heavy atom. The summed E-state index contributed by atoms with van der Waals surface area (Å²) in [6, 6.07) is 3.77. The van der Waals surface area contributed by atoms with Gasteiger partial charge in [-0.2, -0.15) is 0 Å². The lowest BCUT2D eigenvalue weighted by Crippen LogP contribution is -2.19. The topological polar surface area (TPSA) is 50.7 Å². The fraction of sp³-hybridized carbons (Fsp3) is 0.500. The summed E-state index contributed by atoms with van der Waals surface area (Å²) in [5.41, 5.74) is 1.69. The predicted molar refractivity (Wildman–Crippen MR) is 70.3 cm³/mol. The molecule has 0 bridgehead atoms. The van der Waals surface area contributed by atoms with E-state index in [0.29, 0.717) is 18.9 Å². The van der Waals surface area contributed by atoms with Crippen molar-refractivity contribution in [2.45, 2.75) is 12.7 Å². The summed E-state index contributed by atoms with van der Waals surface area (Å²) >= 11 is 3.41. The Morgan fingerprint density at radius 1 is 1.41 bits per heavy atom. The van der Waals surface area contributed by atoms with Gasteiger partial charge in [-0.25, -0.2) is 0 Å². The van der Waals surface area contributed by atoms with Crippen molar-refractivity contribution in [3.8, 4) is 5.75 Å². The SMILES string of the molecule is CNCC(O)c1c(COC)cc(Br)cc1OC. The highest BCUT2D eigenvalue weighted by atomic mass is 79.9. The monoisotopic (exact) mass is 303 g/mol. The molecule has 1 unspecified atom stereocenters. The normalized spacial score (nSPS) is 12.5. The highest BCUT2D eigenvalue weighted by Gasteiger charge is 2.18. The summed E-state index contributed by atoms with van der Waals surface area (Å²) in [6.07, 6.45) is -0.617. The first-order chi connectivity index (χ1) is 8.13. The van der Waals surface area contributed by atoms with Crippen LogP contribution in [-0.2, 0) is 11.3 Å². The van der Waals surface area contributed by atoms with E-state index in [1.54, 1.807) is 21.3 Å². The first-order valence-electron chi connectivity index (χ1n) is 5.32. The van der Waals surface area contributed by atoms with Gasteiger partial charge in [-0.3, -0.25) is 0 Å². The van der Waals surface area contributed by atoms with Gasteiger partial charge in [0.25, 0.3) is 0 Å². The molecule has 0 aromatic heterocycles. The van der Waals surface area contributed by atoms with Gasteiger partial charge in [-0.15, -0.1) is 0 Å². The minimum absolute atomic E-state index is 0.436. The highest BCUT2D eigenvalue weighted by molar-refractivity contribution is 9.10. The van der Waals surface area contributed by atoms with Gasteiger partial charge in [0.05, 0.1) is 19.8 Å². The third kappa shape index (κ3) is 3.67. The lowest BCUT2D eigenvalue weighted by atomic mass is 10.0. The van der Waals surface area contributed by atoms with Gasteiger partial charge in [0.2, 0.25) is 0 Å². The summed E-state index contributed by atoms with van der Waals surface area (Å²) in [5.74, 6) is 0.661. The fourth-order valence-corrected chi connectivity index (χ4v) is 2.25. The standard InChI is InChI=1S/C12H18BrNO3/c1-14-6-10(15)12-8(7-16-2)4-9(13)5-11(12)17-3/h4-5,10,14-15H,6-7H2,1-3H3. The predicted octanol–water partition coefficient (Wildman–Crippen LogP) is 1.86. The zero-order valence-corrected chi connectivity index (χ0v) is 11.9. The summed E-state index contributed by atoms with van der Waals surface area (Å²) in [6.45, 7) is 0.903. The van der Waals surface area contributed by atoms with Crippen LogP contribution in [0.25, 0.3) is 0 Å². The zero-order chi connectivity index (χ0) is 12.8. The Balaban J connectivity index is 3.20. The number of ether oxygens (including phenoxy) is 2. The maximum absolute atomic E-state index is 10.1. The number of aliphatic hydroxyl groups excluding tert-OH is 1. The van der Waals surface area contributed by atoms with Crippen LogP contribution in [0.15, 0.2) is 16.6 Å². The summed E-state index contributed by atoms with van der Waals surface area (Å²) in [7, 11) is 5.01. The van der Waals surface area contributed by atoms with Crippen LogP contribution in [0.3, 0.4) is 0 Å². The molecule has 0 aliphatic carbocycles. The zero-order valence-electron chi connectivity index (χ0n) is 10.3. The molecule has 0 aliphatic heterocycles. The van der Waals surface area contributed by atoms with Gasteiger partial charge in [0.1, 0.15) is 5.75 Å². The molecule has 0 spiro atoms. The van der Waals surface area contributed by atoms with Crippen LogP contribution in [0.2, 0.25) is 0 Å². The molecule has 0 amide bonds. The number of likely N-dealkylation sites (N-methyl/N-ethyl adjacent to an activating group) is 1. The molecule has 1 rings (SSSR count). The molecule has 0 radical (unpaired) electrons. The molecule has 0 heterocycles. The van der Waals surface area contributed by atoms with Crippen molar-refractivity contribution in [3.05, 3.63) is 27.7 Å². The smallest absolute Gasteiger partial charge is 0.126 e. The first-order valence-corrected chi connectivity index (χ1v) is 6.11. The van der Waals surface area contributed by atoms with Crippen LogP contribution >= 0.6 is 15.9 Å². The molecule has 0 saturated carbocycles. The maximum Gasteiger partial charge on any atom is 0.126 e. The Labute approximate surface area is 110 Å². The van der Waals surface area contributed by atoms with Crippen molar-refractivity contribution in [2.24, 2.45) is 0 Å². The number of aliphatic hydroxyl groups is 1. The summed E-state index contributed by atoms with van der Waals surface area (Å²) in [5, 5.41) is 13.1. The number of methoxy groups -OCH3 is 2. The van der Waals surface area contributed by atoms with Crippen molar-refractivity contribution in [2.75, 3.05) is 27.8 Å². The fourth-order valence-electron chi connectivity index (χ4n) is 1.76. The second kappa shape index (κ2) is 6.96. The van der Waals surface area contributed by atoms with Gasteiger partial charge in [-0.1, -0.05) is 15.9 Å². The van der Waals surface area contributed by atoms with E-state index in [1.165, 1.54) is 0 Å². The van der Waals surface area contributed by atoms with Crippen molar-refractivity contribution < 1.29 is 14.6 Å². The van der Waals surface area contributed by atoms with E-state index in [-0.39, 0.29) is 0 Å². The maximum atomic E-state index is 10.1. The lowest BCUT2D eigenvalue weighted by molar-refractivity contribution is 0.158. The van der Waals surface area contributed by atoms with Gasteiger partial charge in [0.15, 0.2) is 0 Å². The average Bonchev–Trinajstić information content (AvgIpc) is 2.28. The van der Waals surface area contributed by atoms with E-state index in [1.807, 2.05) is 12.1 Å². The van der Waals surface area contributed by atoms with Crippen LogP contribution in [0.5, 0.6) is 5.75 Å². The number of hydrogen-bond donors (Lipinski definition) is 2. The van der Waals surface area contributed by atoms with Crippen LogP contribution in [0, 0.1) is 0 Å². The molecule has 5 heteroatoms. The van der Waals surface area contributed by atoms with Crippen molar-refractivity contribution in [3.63, 3.8) is 0 Å². The van der Waals surface area contributed by atoms with E-state index < -0.39 is 6.10 Å². The number of halogens is 1. The molecule has 0 saturated heterocycles. The van der Waals surface area contributed by atoms with Gasteiger partial charge in [0, 0.05) is 23.7 Å². The molecular formula is C12H18BrNO3. The molecule has 17 heavy (non-hydrogen) atoms. The number of hydrogen-bond acceptors (Lipinski definition) is 4. The minimum Gasteiger partial charge on any atom is -0.496 e. The van der Waals surface area contributed by atoms with Crippen LogP contribution in [0.1, 0.15) is 17.2 Å². The lowest BCUT2D eigenvalue weighted by Gasteiger charge is -2.19. The molecule has 4 nitrogen and oxygen atoms in total. The van der Waals surface area contributed by atoms with Crippen LogP contribution in [0.4, 0.5) is 0 Å². The van der Waals surface area contributed by atoms with Gasteiger partial charge >= 0.3 is 0 Å². The second-order valence-corrected chi connectivity index (χ2v) is 4.60. The van der Waals surface area contributed by atoms with Crippen molar-refractivity contribution in [1.29, 1.82) is 0 Å². The van der Waals surface area contributed by atoms with Crippen LogP contribution < -0.4 is 10.1 Å². The second-order valence-electron chi connectivity index (χ2n) is 3.69. The molecule has 2 N–H and O–H groups in total. The first kappa shape index (κ1) is 14.4. The number of benzene rings is 1. The summed E-state index contributed by atoms with van der Waals surface area (Å²) < 4.78 is 11.4. The Bertz CT molecular complexity index is 371. The number of rotatable bonds is 6. The molecule has 1 atom stereocenters. The third-order valence-corrected chi connectivity index (χ3v) is 2.90. The third-order valence-electron chi connectivity index (χ3n) is 2.44. The molecule has 1 aromatic rings. The van der Waals surface area contributed by atoms with Gasteiger partial charge < -0.3 is 19.9 Å². The molecule has 96 valence electrons. The molecule has 1 aromatic carbocycles. The van der Waals surface area contributed by atoms with Crippen LogP contribution in [-0.4, -0.2) is 32.9 Å². The van der Waals surface area contributed by atoms with Crippen molar-refractivity contribution >= 4 is 15.9 Å². The van der Waals surface area contributed by atoms with E-state index in [0.717, 1.165) is 15.6 Å². The Kier molecular flexibility index (Phi) is 5.91. The van der Waals surface area contributed by atoms with E-state index >= 15 is 0 Å². The summed E-state index contributed by atoms with van der Waals surface area (Å²) in [4.78, 5) is 0. The Hall–Kier alpha value is -0.620. The molecule has 0 fully saturated rings. The average molecular weight is 304 g/mol. The Morgan fingerprint density at radius 2 is 2.12 bits per heavy atom. The minimum atomic E-state index is -0.617. The molecule has 0 aliphatic rings. The highest BCUT2D eigenvalue weighted by Crippen LogP contribution is 2.32.